The highest BCUT2D eigenvalue weighted by Crippen LogP contribution is 2.23. The number of hydrogen-bond donors (Lipinski definition) is 2. The van der Waals surface area contributed by atoms with Gasteiger partial charge in [0.05, 0.1) is 13.2 Å². The highest BCUT2D eigenvalue weighted by molar-refractivity contribution is 5.86. The number of aliphatic hydroxyl groups excluding tert-OH is 1. The normalized spacial score (nSPS) is 15.8. The number of hydrogen-bond acceptors (Lipinski definition) is 5. The summed E-state index contributed by atoms with van der Waals surface area (Å²) in [6.45, 7) is 6.22. The Balaban J connectivity index is 2.74. The summed E-state index contributed by atoms with van der Waals surface area (Å²) in [5.74, 6) is 0.400. The average Bonchev–Trinajstić information content (AvgIpc) is 2.87. The number of furan rings is 1. The fourth-order valence-corrected chi connectivity index (χ4v) is 1.99. The topological polar surface area (TPSA) is 71.7 Å². The predicted octanol–water partition coefficient (Wildman–Crippen LogP) is 2.27. The third-order valence-corrected chi connectivity index (χ3v) is 3.45. The van der Waals surface area contributed by atoms with Crippen LogP contribution in [-0.4, -0.2) is 30.3 Å². The first-order valence-corrected chi connectivity index (χ1v) is 6.52. The van der Waals surface area contributed by atoms with E-state index >= 15 is 0 Å². The molecule has 0 bridgehead atoms. The number of esters is 1. The zero-order valence-electron chi connectivity index (χ0n) is 12.0. The summed E-state index contributed by atoms with van der Waals surface area (Å²) >= 11 is 0. The van der Waals surface area contributed by atoms with Crippen LogP contribution in [0.25, 0.3) is 0 Å². The first-order chi connectivity index (χ1) is 8.95. The molecule has 0 saturated heterocycles. The molecule has 5 heteroatoms. The highest BCUT2D eigenvalue weighted by atomic mass is 16.5. The van der Waals surface area contributed by atoms with E-state index in [4.69, 9.17) is 9.52 Å². The van der Waals surface area contributed by atoms with E-state index in [0.717, 1.165) is 6.42 Å². The summed E-state index contributed by atoms with van der Waals surface area (Å²) < 4.78 is 10.1. The lowest BCUT2D eigenvalue weighted by Gasteiger charge is -2.32. The molecule has 0 amide bonds. The number of rotatable bonds is 7. The Bertz CT molecular complexity index is 415. The standard InChI is InChI=1S/C14H23NO4/c1-5-14(3,8-9-16)15-10(2)11-6-7-12(19-11)13(17)18-4/h6-7,10,15-16H,5,8-9H2,1-4H3. The zero-order chi connectivity index (χ0) is 14.5. The summed E-state index contributed by atoms with van der Waals surface area (Å²) in [7, 11) is 1.32. The van der Waals surface area contributed by atoms with E-state index in [1.807, 2.05) is 6.92 Å². The van der Waals surface area contributed by atoms with Gasteiger partial charge < -0.3 is 19.6 Å². The maximum Gasteiger partial charge on any atom is 0.373 e. The van der Waals surface area contributed by atoms with E-state index in [-0.39, 0.29) is 23.9 Å². The fraction of sp³-hybridized carbons (Fsp3) is 0.643. The lowest BCUT2D eigenvalue weighted by Crippen LogP contribution is -2.43. The molecule has 5 nitrogen and oxygen atoms in total. The van der Waals surface area contributed by atoms with Gasteiger partial charge >= 0.3 is 5.97 Å². The SMILES string of the molecule is CCC(C)(CCO)NC(C)c1ccc(C(=O)OC)o1. The minimum atomic E-state index is -0.480. The lowest BCUT2D eigenvalue weighted by atomic mass is 9.93. The van der Waals surface area contributed by atoms with Crippen LogP contribution in [0.2, 0.25) is 0 Å². The number of aliphatic hydroxyl groups is 1. The van der Waals surface area contributed by atoms with Crippen LogP contribution in [0, 0.1) is 0 Å². The van der Waals surface area contributed by atoms with Crippen LogP contribution >= 0.6 is 0 Å². The highest BCUT2D eigenvalue weighted by Gasteiger charge is 2.25. The predicted molar refractivity (Wildman–Crippen MR) is 72.0 cm³/mol. The van der Waals surface area contributed by atoms with Crippen LogP contribution < -0.4 is 5.32 Å². The van der Waals surface area contributed by atoms with Crippen molar-refractivity contribution in [2.75, 3.05) is 13.7 Å². The van der Waals surface area contributed by atoms with Gasteiger partial charge in [-0.05, 0) is 38.8 Å². The zero-order valence-corrected chi connectivity index (χ0v) is 12.0. The maximum atomic E-state index is 11.3. The van der Waals surface area contributed by atoms with Crippen molar-refractivity contribution in [3.05, 3.63) is 23.7 Å². The quantitative estimate of drug-likeness (QED) is 0.743. The summed E-state index contributed by atoms with van der Waals surface area (Å²) in [6.07, 6.45) is 1.56. The summed E-state index contributed by atoms with van der Waals surface area (Å²) in [5.41, 5.74) is -0.160. The van der Waals surface area contributed by atoms with Crippen LogP contribution in [0.15, 0.2) is 16.5 Å². The van der Waals surface area contributed by atoms with E-state index in [9.17, 15) is 4.79 Å². The molecule has 1 aromatic heterocycles. The molecule has 1 aromatic rings. The van der Waals surface area contributed by atoms with Crippen LogP contribution in [0.1, 0.15) is 56.0 Å². The van der Waals surface area contributed by atoms with Crippen molar-refractivity contribution in [3.8, 4) is 0 Å². The minimum Gasteiger partial charge on any atom is -0.463 e. The molecule has 0 spiro atoms. The van der Waals surface area contributed by atoms with Gasteiger partial charge in [0.15, 0.2) is 0 Å². The monoisotopic (exact) mass is 269 g/mol. The molecular formula is C14H23NO4. The molecular weight excluding hydrogens is 246 g/mol. The molecule has 0 aliphatic rings. The molecule has 0 saturated carbocycles. The van der Waals surface area contributed by atoms with Crippen molar-refractivity contribution in [3.63, 3.8) is 0 Å². The van der Waals surface area contributed by atoms with Crippen molar-refractivity contribution in [1.29, 1.82) is 0 Å². The Kier molecular flexibility index (Phi) is 5.57. The van der Waals surface area contributed by atoms with Gasteiger partial charge in [0.2, 0.25) is 5.76 Å². The Hall–Kier alpha value is -1.33. The van der Waals surface area contributed by atoms with E-state index < -0.39 is 5.97 Å². The molecule has 0 radical (unpaired) electrons. The molecule has 2 atom stereocenters. The molecule has 0 aliphatic carbocycles. The van der Waals surface area contributed by atoms with Crippen molar-refractivity contribution in [1.82, 2.24) is 5.32 Å². The summed E-state index contributed by atoms with van der Waals surface area (Å²) in [4.78, 5) is 11.3. The average molecular weight is 269 g/mol. The fourth-order valence-electron chi connectivity index (χ4n) is 1.99. The van der Waals surface area contributed by atoms with Gasteiger partial charge in [-0.2, -0.15) is 0 Å². The van der Waals surface area contributed by atoms with Gasteiger partial charge in [-0.25, -0.2) is 4.79 Å². The Labute approximate surface area is 113 Å². The first kappa shape index (κ1) is 15.7. The van der Waals surface area contributed by atoms with Crippen molar-refractivity contribution < 1.29 is 19.1 Å². The largest absolute Gasteiger partial charge is 0.463 e. The second-order valence-electron chi connectivity index (χ2n) is 4.95. The number of ether oxygens (including phenoxy) is 1. The maximum absolute atomic E-state index is 11.3. The van der Waals surface area contributed by atoms with Gasteiger partial charge in [-0.3, -0.25) is 0 Å². The van der Waals surface area contributed by atoms with Gasteiger partial charge in [-0.1, -0.05) is 6.92 Å². The number of carbonyl (C=O) groups excluding carboxylic acids is 1. The number of nitrogens with one attached hydrogen (secondary N) is 1. The van der Waals surface area contributed by atoms with E-state index in [2.05, 4.69) is 23.9 Å². The molecule has 1 rings (SSSR count). The van der Waals surface area contributed by atoms with Crippen molar-refractivity contribution in [2.45, 2.75) is 45.2 Å². The molecule has 0 aromatic carbocycles. The van der Waals surface area contributed by atoms with Gasteiger partial charge in [0.1, 0.15) is 5.76 Å². The van der Waals surface area contributed by atoms with Crippen molar-refractivity contribution >= 4 is 5.97 Å². The van der Waals surface area contributed by atoms with Crippen LogP contribution in [0.3, 0.4) is 0 Å². The Morgan fingerprint density at radius 2 is 2.26 bits per heavy atom. The number of carbonyl (C=O) groups is 1. The molecule has 2 N–H and O–H groups in total. The second-order valence-corrected chi connectivity index (χ2v) is 4.95. The molecule has 2 unspecified atom stereocenters. The van der Waals surface area contributed by atoms with Gasteiger partial charge in [0, 0.05) is 12.1 Å². The Morgan fingerprint density at radius 3 is 2.79 bits per heavy atom. The van der Waals surface area contributed by atoms with Gasteiger partial charge in [-0.15, -0.1) is 0 Å². The van der Waals surface area contributed by atoms with Crippen LogP contribution in [0.5, 0.6) is 0 Å². The van der Waals surface area contributed by atoms with E-state index in [0.29, 0.717) is 12.2 Å². The molecule has 108 valence electrons. The van der Waals surface area contributed by atoms with Gasteiger partial charge in [0.25, 0.3) is 0 Å². The third kappa shape index (κ3) is 4.08. The smallest absolute Gasteiger partial charge is 0.373 e. The third-order valence-electron chi connectivity index (χ3n) is 3.45. The van der Waals surface area contributed by atoms with E-state index in [1.54, 1.807) is 12.1 Å². The molecule has 0 fully saturated rings. The number of methoxy groups -OCH3 is 1. The van der Waals surface area contributed by atoms with Crippen molar-refractivity contribution in [2.24, 2.45) is 0 Å². The lowest BCUT2D eigenvalue weighted by molar-refractivity contribution is 0.0561. The summed E-state index contributed by atoms with van der Waals surface area (Å²) in [6, 6.07) is 3.32. The van der Waals surface area contributed by atoms with Crippen LogP contribution in [-0.2, 0) is 4.74 Å². The van der Waals surface area contributed by atoms with Crippen LogP contribution in [0.4, 0.5) is 0 Å². The molecule has 1 heterocycles. The Morgan fingerprint density at radius 1 is 1.58 bits per heavy atom. The van der Waals surface area contributed by atoms with E-state index in [1.165, 1.54) is 7.11 Å². The first-order valence-electron chi connectivity index (χ1n) is 6.52. The molecule has 19 heavy (non-hydrogen) atoms. The second kappa shape index (κ2) is 6.73. The molecule has 0 aliphatic heterocycles. The summed E-state index contributed by atoms with van der Waals surface area (Å²) in [5, 5.41) is 12.5. The minimum absolute atomic E-state index is 0.0464.